The number of nitrogens with one attached hydrogen (secondary N) is 1. The van der Waals surface area contributed by atoms with Gasteiger partial charge in [-0.2, -0.15) is 0 Å². The number of benzene rings is 1. The van der Waals surface area contributed by atoms with Gasteiger partial charge in [-0.3, -0.25) is 4.79 Å². The van der Waals surface area contributed by atoms with Gasteiger partial charge < -0.3 is 14.6 Å². The molecule has 0 bridgehead atoms. The molecule has 4 nitrogen and oxygen atoms in total. The molecule has 2 aromatic rings. The Morgan fingerprint density at radius 1 is 1.41 bits per heavy atom. The second-order valence-electron chi connectivity index (χ2n) is 5.21. The van der Waals surface area contributed by atoms with Crippen LogP contribution in [0, 0.1) is 12.7 Å². The van der Waals surface area contributed by atoms with E-state index in [1.807, 2.05) is 13.0 Å². The average Bonchev–Trinajstić information content (AvgIpc) is 2.93. The molecule has 3 rings (SSSR count). The summed E-state index contributed by atoms with van der Waals surface area (Å²) in [5, 5.41) is 3.25. The van der Waals surface area contributed by atoms with Crippen LogP contribution in [0.3, 0.4) is 0 Å². The number of piperazine rings is 1. The van der Waals surface area contributed by atoms with Crippen molar-refractivity contribution in [2.45, 2.75) is 13.0 Å². The summed E-state index contributed by atoms with van der Waals surface area (Å²) in [4.78, 5) is 14.4. The Labute approximate surface area is 134 Å². The highest BCUT2D eigenvalue weighted by atomic mass is 35.5. The lowest BCUT2D eigenvalue weighted by Gasteiger charge is -2.36. The van der Waals surface area contributed by atoms with E-state index in [1.165, 1.54) is 18.4 Å². The second kappa shape index (κ2) is 6.94. The lowest BCUT2D eigenvalue weighted by atomic mass is 10.0. The van der Waals surface area contributed by atoms with Gasteiger partial charge in [0.05, 0.1) is 12.3 Å². The second-order valence-corrected chi connectivity index (χ2v) is 5.21. The molecule has 1 aliphatic rings. The van der Waals surface area contributed by atoms with Crippen LogP contribution >= 0.6 is 12.4 Å². The minimum Gasteiger partial charge on any atom is -0.459 e. The maximum atomic E-state index is 13.4. The Kier molecular flexibility index (Phi) is 5.21. The zero-order valence-corrected chi connectivity index (χ0v) is 13.0. The lowest BCUT2D eigenvalue weighted by Crippen LogP contribution is -2.48. The fourth-order valence-corrected chi connectivity index (χ4v) is 2.68. The summed E-state index contributed by atoms with van der Waals surface area (Å²) in [5.74, 6) is -0.0776. The van der Waals surface area contributed by atoms with Gasteiger partial charge in [0.25, 0.3) is 5.91 Å². The van der Waals surface area contributed by atoms with E-state index >= 15 is 0 Å². The third-order valence-corrected chi connectivity index (χ3v) is 3.79. The SMILES string of the molecule is Cc1ccoc1C(=O)N1CCNCC1c1cccc(F)c1.Cl. The van der Waals surface area contributed by atoms with Crippen LogP contribution in [0.5, 0.6) is 0 Å². The number of furan rings is 1. The van der Waals surface area contributed by atoms with Crippen molar-refractivity contribution in [3.63, 3.8) is 0 Å². The lowest BCUT2D eigenvalue weighted by molar-refractivity contribution is 0.0600. The van der Waals surface area contributed by atoms with Crippen molar-refractivity contribution in [1.82, 2.24) is 10.2 Å². The van der Waals surface area contributed by atoms with Gasteiger partial charge in [-0.1, -0.05) is 12.1 Å². The molecule has 0 radical (unpaired) electrons. The molecule has 0 spiro atoms. The summed E-state index contributed by atoms with van der Waals surface area (Å²) < 4.78 is 18.7. The summed E-state index contributed by atoms with van der Waals surface area (Å²) in [6.07, 6.45) is 1.52. The zero-order valence-electron chi connectivity index (χ0n) is 12.2. The minimum atomic E-state index is -0.292. The molecule has 22 heavy (non-hydrogen) atoms. The van der Waals surface area contributed by atoms with Crippen molar-refractivity contribution in [3.8, 4) is 0 Å². The number of carbonyl (C=O) groups is 1. The Hall–Kier alpha value is -1.85. The quantitative estimate of drug-likeness (QED) is 0.924. The van der Waals surface area contributed by atoms with Crippen LogP contribution in [0.25, 0.3) is 0 Å². The number of rotatable bonds is 2. The molecule has 1 saturated heterocycles. The van der Waals surface area contributed by atoms with Crippen molar-refractivity contribution < 1.29 is 13.6 Å². The molecule has 118 valence electrons. The van der Waals surface area contributed by atoms with Crippen LogP contribution in [-0.2, 0) is 0 Å². The van der Waals surface area contributed by atoms with E-state index < -0.39 is 0 Å². The van der Waals surface area contributed by atoms with Gasteiger partial charge >= 0.3 is 0 Å². The fourth-order valence-electron chi connectivity index (χ4n) is 2.68. The number of hydrogen-bond donors (Lipinski definition) is 1. The van der Waals surface area contributed by atoms with E-state index in [4.69, 9.17) is 4.42 Å². The van der Waals surface area contributed by atoms with Crippen LogP contribution < -0.4 is 5.32 Å². The van der Waals surface area contributed by atoms with E-state index in [2.05, 4.69) is 5.32 Å². The number of nitrogens with zero attached hydrogens (tertiary/aromatic N) is 1. The largest absolute Gasteiger partial charge is 0.459 e. The van der Waals surface area contributed by atoms with Gasteiger partial charge in [0.2, 0.25) is 0 Å². The first kappa shape index (κ1) is 16.5. The Morgan fingerprint density at radius 2 is 2.23 bits per heavy atom. The Balaban J connectivity index is 0.00000176. The minimum absolute atomic E-state index is 0. The highest BCUT2D eigenvalue weighted by molar-refractivity contribution is 5.93. The predicted molar refractivity (Wildman–Crippen MR) is 83.7 cm³/mol. The van der Waals surface area contributed by atoms with Crippen molar-refractivity contribution in [2.75, 3.05) is 19.6 Å². The molecule has 1 N–H and O–H groups in total. The maximum absolute atomic E-state index is 13.4. The zero-order chi connectivity index (χ0) is 14.8. The summed E-state index contributed by atoms with van der Waals surface area (Å²) >= 11 is 0. The van der Waals surface area contributed by atoms with E-state index in [-0.39, 0.29) is 30.2 Å². The van der Waals surface area contributed by atoms with Crippen LogP contribution in [0.2, 0.25) is 0 Å². The maximum Gasteiger partial charge on any atom is 0.290 e. The van der Waals surface area contributed by atoms with Gasteiger partial charge in [0, 0.05) is 25.2 Å². The average molecular weight is 325 g/mol. The standard InChI is InChI=1S/C16H17FN2O2.ClH/c1-11-5-8-21-15(11)16(20)19-7-6-18-10-14(19)12-3-2-4-13(17)9-12;/h2-5,8-9,14,18H,6-7,10H2,1H3;1H. The normalized spacial score (nSPS) is 17.9. The summed E-state index contributed by atoms with van der Waals surface area (Å²) in [5.41, 5.74) is 1.61. The number of aryl methyl sites for hydroxylation is 1. The summed E-state index contributed by atoms with van der Waals surface area (Å²) in [6, 6.07) is 7.98. The van der Waals surface area contributed by atoms with Crippen LogP contribution in [0.1, 0.15) is 27.7 Å². The topological polar surface area (TPSA) is 45.5 Å². The van der Waals surface area contributed by atoms with Crippen LogP contribution in [-0.4, -0.2) is 30.4 Å². The highest BCUT2D eigenvalue weighted by Gasteiger charge is 2.30. The molecule has 1 fully saturated rings. The number of carbonyl (C=O) groups excluding carboxylic acids is 1. The molecule has 1 unspecified atom stereocenters. The van der Waals surface area contributed by atoms with Crippen molar-refractivity contribution in [3.05, 3.63) is 59.3 Å². The molecule has 6 heteroatoms. The molecule has 2 heterocycles. The van der Waals surface area contributed by atoms with Crippen LogP contribution in [0.4, 0.5) is 4.39 Å². The van der Waals surface area contributed by atoms with E-state index in [0.717, 1.165) is 17.7 Å². The first-order valence-electron chi connectivity index (χ1n) is 6.98. The smallest absolute Gasteiger partial charge is 0.290 e. The van der Waals surface area contributed by atoms with Gasteiger partial charge in [0.15, 0.2) is 5.76 Å². The molecular formula is C16H18ClFN2O2. The third kappa shape index (κ3) is 3.15. The Bertz CT molecular complexity index is 659. The molecule has 1 amide bonds. The first-order valence-corrected chi connectivity index (χ1v) is 6.98. The van der Waals surface area contributed by atoms with Gasteiger partial charge in [-0.05, 0) is 30.7 Å². The van der Waals surface area contributed by atoms with Crippen molar-refractivity contribution >= 4 is 18.3 Å². The van der Waals surface area contributed by atoms with Crippen molar-refractivity contribution in [1.29, 1.82) is 0 Å². The molecule has 1 aromatic heterocycles. The molecule has 1 aliphatic heterocycles. The number of amides is 1. The number of hydrogen-bond acceptors (Lipinski definition) is 3. The summed E-state index contributed by atoms with van der Waals surface area (Å²) in [7, 11) is 0. The van der Waals surface area contributed by atoms with Crippen molar-refractivity contribution in [2.24, 2.45) is 0 Å². The third-order valence-electron chi connectivity index (χ3n) is 3.79. The van der Waals surface area contributed by atoms with E-state index in [0.29, 0.717) is 18.8 Å². The first-order chi connectivity index (χ1) is 10.2. The molecular weight excluding hydrogens is 307 g/mol. The molecule has 0 saturated carbocycles. The van der Waals surface area contributed by atoms with E-state index in [9.17, 15) is 9.18 Å². The van der Waals surface area contributed by atoms with E-state index in [1.54, 1.807) is 17.0 Å². The van der Waals surface area contributed by atoms with Gasteiger partial charge in [-0.15, -0.1) is 12.4 Å². The fraction of sp³-hybridized carbons (Fsp3) is 0.312. The van der Waals surface area contributed by atoms with Crippen LogP contribution in [0.15, 0.2) is 41.0 Å². The monoisotopic (exact) mass is 324 g/mol. The highest BCUT2D eigenvalue weighted by Crippen LogP contribution is 2.25. The van der Waals surface area contributed by atoms with Gasteiger partial charge in [0.1, 0.15) is 5.82 Å². The molecule has 1 atom stereocenters. The number of halogens is 2. The molecule has 1 aromatic carbocycles. The molecule has 0 aliphatic carbocycles. The Morgan fingerprint density at radius 3 is 2.91 bits per heavy atom. The predicted octanol–water partition coefficient (Wildman–Crippen LogP) is 2.94. The van der Waals surface area contributed by atoms with Gasteiger partial charge in [-0.25, -0.2) is 4.39 Å². The summed E-state index contributed by atoms with van der Waals surface area (Å²) in [6.45, 7) is 3.74.